The van der Waals surface area contributed by atoms with Crippen molar-refractivity contribution in [3.8, 4) is 0 Å². The quantitative estimate of drug-likeness (QED) is 0.696. The molecule has 0 aliphatic carbocycles. The Morgan fingerprint density at radius 3 is 3.04 bits per heavy atom. The van der Waals surface area contributed by atoms with Gasteiger partial charge in [-0.25, -0.2) is 15.0 Å². The van der Waals surface area contributed by atoms with Crippen molar-refractivity contribution in [2.24, 2.45) is 5.92 Å². The number of piperidine rings is 1. The number of anilines is 1. The third-order valence-corrected chi connectivity index (χ3v) is 5.35. The second-order valence-electron chi connectivity index (χ2n) is 6.54. The van der Waals surface area contributed by atoms with E-state index < -0.39 is 0 Å². The Balaban J connectivity index is 1.43. The van der Waals surface area contributed by atoms with Gasteiger partial charge in [-0.15, -0.1) is 0 Å². The first-order chi connectivity index (χ1) is 13.1. The molecule has 2 N–H and O–H groups in total. The van der Waals surface area contributed by atoms with Crippen molar-refractivity contribution in [3.05, 3.63) is 46.5 Å². The molecule has 4 rings (SSSR count). The van der Waals surface area contributed by atoms with Crippen LogP contribution >= 0.6 is 23.2 Å². The summed E-state index contributed by atoms with van der Waals surface area (Å²) >= 11 is 12.1. The van der Waals surface area contributed by atoms with Crippen LogP contribution in [0, 0.1) is 5.92 Å². The van der Waals surface area contributed by atoms with Crippen LogP contribution in [-0.2, 0) is 11.3 Å². The van der Waals surface area contributed by atoms with E-state index in [4.69, 9.17) is 23.2 Å². The smallest absolute Gasteiger partial charge is 0.225 e. The van der Waals surface area contributed by atoms with Crippen molar-refractivity contribution in [2.75, 3.05) is 18.0 Å². The lowest BCUT2D eigenvalue weighted by molar-refractivity contribution is -0.125. The lowest BCUT2D eigenvalue weighted by atomic mass is 9.97. The highest BCUT2D eigenvalue weighted by Gasteiger charge is 2.27. The van der Waals surface area contributed by atoms with Gasteiger partial charge >= 0.3 is 0 Å². The van der Waals surface area contributed by atoms with E-state index in [1.165, 1.54) is 6.33 Å². The fourth-order valence-electron chi connectivity index (χ4n) is 3.37. The lowest BCUT2D eigenvalue weighted by Crippen LogP contribution is -2.43. The van der Waals surface area contributed by atoms with E-state index in [0.717, 1.165) is 36.3 Å². The van der Waals surface area contributed by atoms with Gasteiger partial charge < -0.3 is 15.2 Å². The maximum absolute atomic E-state index is 12.7. The highest BCUT2D eigenvalue weighted by Crippen LogP contribution is 2.26. The zero-order valence-corrected chi connectivity index (χ0v) is 16.0. The van der Waals surface area contributed by atoms with Crippen LogP contribution in [0.15, 0.2) is 30.9 Å². The monoisotopic (exact) mass is 404 g/mol. The number of aromatic nitrogens is 4. The van der Waals surface area contributed by atoms with E-state index in [-0.39, 0.29) is 11.8 Å². The third kappa shape index (κ3) is 3.84. The minimum Gasteiger partial charge on any atom is -0.354 e. The molecule has 1 aromatic carbocycles. The SMILES string of the molecule is O=C(NCc1ccc(Cl)cc1Cl)[C@@H]1CCCN(c2ncnc3nc[nH]c23)C1. The summed E-state index contributed by atoms with van der Waals surface area (Å²) in [6, 6.07) is 5.27. The average Bonchev–Trinajstić information content (AvgIpc) is 3.16. The standard InChI is InChI=1S/C18H18Cl2N6O/c19-13-4-3-11(14(20)6-13)7-21-18(27)12-2-1-5-26(8-12)17-15-16(23-9-22-15)24-10-25-17/h3-4,6,9-10,12H,1-2,5,7-8H2,(H,21,27)(H,22,23,24,25)/t12-/m1/s1. The fraction of sp³-hybridized carbons (Fsp3) is 0.333. The van der Waals surface area contributed by atoms with Crippen LogP contribution in [-0.4, -0.2) is 38.9 Å². The maximum Gasteiger partial charge on any atom is 0.225 e. The molecule has 140 valence electrons. The molecule has 7 nitrogen and oxygen atoms in total. The van der Waals surface area contributed by atoms with Crippen molar-refractivity contribution >= 4 is 46.1 Å². The highest BCUT2D eigenvalue weighted by molar-refractivity contribution is 6.35. The van der Waals surface area contributed by atoms with E-state index in [1.807, 2.05) is 6.07 Å². The summed E-state index contributed by atoms with van der Waals surface area (Å²) in [6.45, 7) is 1.83. The van der Waals surface area contributed by atoms with Crippen molar-refractivity contribution < 1.29 is 4.79 Å². The molecule has 1 atom stereocenters. The first-order valence-corrected chi connectivity index (χ1v) is 9.48. The number of hydrogen-bond acceptors (Lipinski definition) is 5. The summed E-state index contributed by atoms with van der Waals surface area (Å²) in [4.78, 5) is 30.6. The van der Waals surface area contributed by atoms with Gasteiger partial charge in [0.05, 0.1) is 12.2 Å². The number of halogens is 2. The Hall–Kier alpha value is -2.38. The van der Waals surface area contributed by atoms with Gasteiger partial charge in [-0.2, -0.15) is 0 Å². The molecule has 3 aromatic rings. The summed E-state index contributed by atoms with van der Waals surface area (Å²) < 4.78 is 0. The lowest BCUT2D eigenvalue weighted by Gasteiger charge is -2.32. The Labute approximate surface area is 166 Å². The number of amides is 1. The number of imidazole rings is 1. The number of carbonyl (C=O) groups excluding carboxylic acids is 1. The van der Waals surface area contributed by atoms with Gasteiger partial charge in [0.15, 0.2) is 11.5 Å². The minimum absolute atomic E-state index is 0.0145. The van der Waals surface area contributed by atoms with Crippen LogP contribution in [0.25, 0.3) is 11.2 Å². The Morgan fingerprint density at radius 2 is 2.19 bits per heavy atom. The summed E-state index contributed by atoms with van der Waals surface area (Å²) in [5.41, 5.74) is 2.27. The second kappa shape index (κ2) is 7.70. The highest BCUT2D eigenvalue weighted by atomic mass is 35.5. The maximum atomic E-state index is 12.7. The molecule has 1 saturated heterocycles. The molecule has 0 bridgehead atoms. The Kier molecular flexibility index (Phi) is 5.13. The van der Waals surface area contributed by atoms with E-state index in [0.29, 0.717) is 28.8 Å². The summed E-state index contributed by atoms with van der Waals surface area (Å²) in [6.07, 6.45) is 4.87. The van der Waals surface area contributed by atoms with Gasteiger partial charge in [-0.3, -0.25) is 4.79 Å². The van der Waals surface area contributed by atoms with Gasteiger partial charge in [0.25, 0.3) is 0 Å². The van der Waals surface area contributed by atoms with Crippen LogP contribution < -0.4 is 10.2 Å². The van der Waals surface area contributed by atoms with E-state index in [1.54, 1.807) is 18.5 Å². The topological polar surface area (TPSA) is 86.8 Å². The summed E-state index contributed by atoms with van der Waals surface area (Å²) in [5, 5.41) is 4.12. The van der Waals surface area contributed by atoms with Crippen LogP contribution in [0.1, 0.15) is 18.4 Å². The third-order valence-electron chi connectivity index (χ3n) is 4.76. The first kappa shape index (κ1) is 18.0. The summed E-state index contributed by atoms with van der Waals surface area (Å²) in [5.74, 6) is 0.689. The van der Waals surface area contributed by atoms with E-state index in [9.17, 15) is 4.79 Å². The van der Waals surface area contributed by atoms with Crippen molar-refractivity contribution in [3.63, 3.8) is 0 Å². The predicted octanol–water partition coefficient (Wildman–Crippen LogP) is 3.19. The van der Waals surface area contributed by atoms with Crippen LogP contribution in [0.2, 0.25) is 10.0 Å². The molecule has 0 radical (unpaired) electrons. The van der Waals surface area contributed by atoms with Crippen molar-refractivity contribution in [1.29, 1.82) is 0 Å². The molecule has 1 aliphatic rings. The molecule has 3 heterocycles. The van der Waals surface area contributed by atoms with Crippen molar-refractivity contribution in [1.82, 2.24) is 25.3 Å². The molecule has 1 aliphatic heterocycles. The molecule has 1 amide bonds. The van der Waals surface area contributed by atoms with Crippen LogP contribution in [0.5, 0.6) is 0 Å². The van der Waals surface area contributed by atoms with Gasteiger partial charge in [0.2, 0.25) is 5.91 Å². The molecule has 0 unspecified atom stereocenters. The normalized spacial score (nSPS) is 17.3. The van der Waals surface area contributed by atoms with E-state index in [2.05, 4.69) is 30.2 Å². The number of aromatic amines is 1. The molecule has 1 fully saturated rings. The van der Waals surface area contributed by atoms with Gasteiger partial charge in [0, 0.05) is 29.7 Å². The second-order valence-corrected chi connectivity index (χ2v) is 7.38. The zero-order chi connectivity index (χ0) is 18.8. The van der Waals surface area contributed by atoms with Crippen molar-refractivity contribution in [2.45, 2.75) is 19.4 Å². The first-order valence-electron chi connectivity index (χ1n) is 8.72. The van der Waals surface area contributed by atoms with Gasteiger partial charge in [-0.05, 0) is 30.5 Å². The number of nitrogens with zero attached hydrogens (tertiary/aromatic N) is 4. The Bertz CT molecular complexity index is 975. The zero-order valence-electron chi connectivity index (χ0n) is 14.5. The fourth-order valence-corrected chi connectivity index (χ4v) is 3.84. The molecule has 0 saturated carbocycles. The molecule has 0 spiro atoms. The number of carbonyl (C=O) groups is 1. The number of rotatable bonds is 4. The average molecular weight is 405 g/mol. The molecule has 27 heavy (non-hydrogen) atoms. The van der Waals surface area contributed by atoms with Crippen LogP contribution in [0.3, 0.4) is 0 Å². The summed E-state index contributed by atoms with van der Waals surface area (Å²) in [7, 11) is 0. The van der Waals surface area contributed by atoms with Crippen LogP contribution in [0.4, 0.5) is 5.82 Å². The predicted molar refractivity (Wildman–Crippen MR) is 105 cm³/mol. The number of fused-ring (bicyclic) bond motifs is 1. The number of nitrogens with one attached hydrogen (secondary N) is 2. The molecular weight excluding hydrogens is 387 g/mol. The number of benzene rings is 1. The Morgan fingerprint density at radius 1 is 1.30 bits per heavy atom. The molecule has 2 aromatic heterocycles. The number of hydrogen-bond donors (Lipinski definition) is 2. The van der Waals surface area contributed by atoms with E-state index >= 15 is 0 Å². The molecular formula is C18H18Cl2N6O. The number of H-pyrrole nitrogens is 1. The minimum atomic E-state index is -0.113. The van der Waals surface area contributed by atoms with Gasteiger partial charge in [0.1, 0.15) is 11.8 Å². The largest absolute Gasteiger partial charge is 0.354 e. The van der Waals surface area contributed by atoms with Gasteiger partial charge in [-0.1, -0.05) is 29.3 Å². The molecule has 9 heteroatoms.